The number of amides is 2. The molecule has 0 spiro atoms. The van der Waals surface area contributed by atoms with E-state index in [4.69, 9.17) is 9.47 Å². The molecule has 5 fully saturated rings. The summed E-state index contributed by atoms with van der Waals surface area (Å²) in [6.45, 7) is 4.04. The normalized spacial score (nSPS) is 31.7. The molecular weight excluding hydrogens is 754 g/mol. The number of sulfonamides is 1. The van der Waals surface area contributed by atoms with Crippen LogP contribution in [0.1, 0.15) is 96.3 Å². The molecule has 4 aliphatic carbocycles. The summed E-state index contributed by atoms with van der Waals surface area (Å²) >= 11 is 0. The van der Waals surface area contributed by atoms with Gasteiger partial charge in [0.2, 0.25) is 21.8 Å². The van der Waals surface area contributed by atoms with Crippen molar-refractivity contribution in [3.05, 3.63) is 65.2 Å². The Hall–Kier alpha value is -4.33. The van der Waals surface area contributed by atoms with Gasteiger partial charge in [0.25, 0.3) is 5.56 Å². The Bertz CT molecular complexity index is 2160. The SMILES string of the molecule is C=C[C@@H]1C[C@]1(CC(=O)[C@@H]1C[C@@H]2CN1C(=O)[C@H](C1CCCC1)CC(=O)O[C@@H]1CCC[C@H]1C/C=C/CCn1c(cc3ccc(F)cc3c1=O)O2)C(=O)NS(=O)(=O)C1CC1. The number of carbonyl (C=O) groups excluding carboxylic acids is 4. The predicted octanol–water partition coefficient (Wildman–Crippen LogP) is 5.51. The van der Waals surface area contributed by atoms with E-state index in [1.807, 2.05) is 12.2 Å². The first kappa shape index (κ1) is 39.5. The van der Waals surface area contributed by atoms with Gasteiger partial charge >= 0.3 is 5.97 Å². The lowest BCUT2D eigenvalue weighted by molar-refractivity contribution is -0.156. The second-order valence-electron chi connectivity index (χ2n) is 17.2. The van der Waals surface area contributed by atoms with Gasteiger partial charge in [0.15, 0.2) is 11.7 Å². The fourth-order valence-corrected chi connectivity index (χ4v) is 11.3. The van der Waals surface area contributed by atoms with Crippen molar-refractivity contribution in [2.45, 2.75) is 126 Å². The van der Waals surface area contributed by atoms with Crippen LogP contribution in [0.4, 0.5) is 4.39 Å². The molecule has 1 saturated heterocycles. The maximum absolute atomic E-state index is 14.9. The van der Waals surface area contributed by atoms with Crippen LogP contribution in [0.15, 0.2) is 53.9 Å². The molecule has 2 bridgehead atoms. The standard InChI is InChI=1S/C43H52FN3O9S/c1-2-29-23-43(29,42(52)45-57(53,54)32-16-17-32)24-36(48)35-21-31-25-47(35)41(51)34(26-9-5-6-10-26)22-39(49)56-37-13-8-12-27(37)11-4-3-7-18-46-38(55-31)19-28-14-15-30(44)20-33(28)40(46)50/h2-4,14-15,19-20,26-27,29,31-32,34-35,37H,1,5-13,16-18,21-25H2,(H,45,52)/b4-3+/t27-,29-,31-,34+,35+,37-,43-/m1/s1. The van der Waals surface area contributed by atoms with E-state index in [2.05, 4.69) is 11.3 Å². The van der Waals surface area contributed by atoms with Crippen molar-refractivity contribution in [1.82, 2.24) is 14.2 Å². The van der Waals surface area contributed by atoms with Gasteiger partial charge in [-0.05, 0) is 99.5 Å². The molecule has 0 radical (unpaired) electrons. The van der Waals surface area contributed by atoms with Crippen LogP contribution in [-0.4, -0.2) is 71.5 Å². The molecule has 0 unspecified atom stereocenters. The van der Waals surface area contributed by atoms with Crippen LogP contribution in [0.2, 0.25) is 0 Å². The van der Waals surface area contributed by atoms with Gasteiger partial charge < -0.3 is 14.4 Å². The summed E-state index contributed by atoms with van der Waals surface area (Å²) in [5.74, 6) is -3.37. The maximum Gasteiger partial charge on any atom is 0.306 e. The van der Waals surface area contributed by atoms with Gasteiger partial charge in [-0.15, -0.1) is 6.58 Å². The number of aromatic nitrogens is 1. The second-order valence-corrected chi connectivity index (χ2v) is 19.2. The quantitative estimate of drug-likeness (QED) is 0.269. The Kier molecular flexibility index (Phi) is 10.9. The summed E-state index contributed by atoms with van der Waals surface area (Å²) in [7, 11) is -3.88. The number of rotatable bonds is 8. The summed E-state index contributed by atoms with van der Waals surface area (Å²) in [6.07, 6.45) is 12.5. The number of nitrogens with zero attached hydrogens (tertiary/aromatic N) is 2. The average molecular weight is 806 g/mol. The molecule has 57 heavy (non-hydrogen) atoms. The van der Waals surface area contributed by atoms with E-state index in [1.54, 1.807) is 12.1 Å². The van der Waals surface area contributed by atoms with Crippen molar-refractivity contribution in [2.24, 2.45) is 29.1 Å². The number of nitrogens with one attached hydrogen (secondary N) is 1. The zero-order chi connectivity index (χ0) is 40.1. The monoisotopic (exact) mass is 805 g/mol. The molecule has 306 valence electrons. The summed E-state index contributed by atoms with van der Waals surface area (Å²) in [5, 5.41) is 0.0539. The number of esters is 1. The zero-order valence-corrected chi connectivity index (χ0v) is 33.1. The summed E-state index contributed by atoms with van der Waals surface area (Å²) in [4.78, 5) is 72.3. The van der Waals surface area contributed by atoms with E-state index in [9.17, 15) is 36.8 Å². The minimum absolute atomic E-state index is 0.0199. The number of halogens is 1. The van der Waals surface area contributed by atoms with Crippen molar-refractivity contribution in [3.63, 3.8) is 0 Å². The molecule has 1 N–H and O–H groups in total. The highest BCUT2D eigenvalue weighted by molar-refractivity contribution is 7.90. The van der Waals surface area contributed by atoms with Crippen molar-refractivity contribution in [1.29, 1.82) is 0 Å². The Labute approximate surface area is 332 Å². The van der Waals surface area contributed by atoms with Crippen molar-refractivity contribution < 1.29 is 41.5 Å². The van der Waals surface area contributed by atoms with E-state index in [0.29, 0.717) is 31.1 Å². The van der Waals surface area contributed by atoms with Crippen LogP contribution in [0, 0.1) is 34.9 Å². The third-order valence-corrected chi connectivity index (χ3v) is 15.3. The van der Waals surface area contributed by atoms with Crippen LogP contribution in [-0.2, 0) is 40.5 Å². The molecule has 1 aromatic carbocycles. The number of benzene rings is 1. The highest BCUT2D eigenvalue weighted by Crippen LogP contribution is 2.57. The Morgan fingerprint density at radius 3 is 2.49 bits per heavy atom. The number of Topliss-reactive ketones (excluding diaryl/α,β-unsaturated/α-hetero) is 1. The first-order valence-corrected chi connectivity index (χ1v) is 22.3. The molecule has 1 aromatic heterocycles. The first-order valence-electron chi connectivity index (χ1n) is 20.7. The Morgan fingerprint density at radius 2 is 1.75 bits per heavy atom. The molecule has 6 aliphatic rings. The number of hydrogen-bond acceptors (Lipinski definition) is 9. The van der Waals surface area contributed by atoms with E-state index in [0.717, 1.165) is 44.9 Å². The molecule has 3 heterocycles. The molecule has 2 aliphatic heterocycles. The summed E-state index contributed by atoms with van der Waals surface area (Å²) < 4.78 is 56.4. The van der Waals surface area contributed by atoms with Gasteiger partial charge in [0, 0.05) is 25.5 Å². The minimum atomic E-state index is -3.88. The van der Waals surface area contributed by atoms with Crippen molar-refractivity contribution in [3.8, 4) is 5.88 Å². The van der Waals surface area contributed by atoms with Crippen molar-refractivity contribution >= 4 is 44.4 Å². The number of ketones is 1. The van der Waals surface area contributed by atoms with Crippen LogP contribution < -0.4 is 15.0 Å². The molecule has 8 rings (SSSR count). The van der Waals surface area contributed by atoms with E-state index in [-0.39, 0.29) is 73.9 Å². The smallest absolute Gasteiger partial charge is 0.306 e. The third kappa shape index (κ3) is 8.07. The molecule has 12 nitrogen and oxygen atoms in total. The van der Waals surface area contributed by atoms with Gasteiger partial charge in [0.05, 0.1) is 41.0 Å². The lowest BCUT2D eigenvalue weighted by atomic mass is 9.86. The van der Waals surface area contributed by atoms with Crippen molar-refractivity contribution in [2.75, 3.05) is 6.54 Å². The predicted molar refractivity (Wildman–Crippen MR) is 209 cm³/mol. The summed E-state index contributed by atoms with van der Waals surface area (Å²) in [6, 6.07) is 4.63. The van der Waals surface area contributed by atoms with Gasteiger partial charge in [-0.2, -0.15) is 0 Å². The van der Waals surface area contributed by atoms with Crippen LogP contribution in [0.25, 0.3) is 10.8 Å². The molecule has 7 atom stereocenters. The number of hydrogen-bond donors (Lipinski definition) is 1. The number of fused-ring (bicyclic) bond motifs is 5. The average Bonchev–Trinajstić information content (AvgIpc) is 3.97. The lowest BCUT2D eigenvalue weighted by Crippen LogP contribution is -2.47. The Balaban J connectivity index is 1.15. The number of pyridine rings is 1. The van der Waals surface area contributed by atoms with Gasteiger partial charge in [0.1, 0.15) is 18.0 Å². The lowest BCUT2D eigenvalue weighted by Gasteiger charge is -2.31. The van der Waals surface area contributed by atoms with Gasteiger partial charge in [-0.25, -0.2) is 12.8 Å². The molecule has 2 amide bonds. The highest BCUT2D eigenvalue weighted by Gasteiger charge is 2.61. The molecular formula is C43H52FN3O9S. The summed E-state index contributed by atoms with van der Waals surface area (Å²) in [5.41, 5.74) is -1.75. The van der Waals surface area contributed by atoms with Gasteiger partial charge in [-0.1, -0.05) is 37.1 Å². The van der Waals surface area contributed by atoms with Crippen LogP contribution >= 0.6 is 0 Å². The van der Waals surface area contributed by atoms with E-state index < -0.39 is 73.7 Å². The number of ether oxygens (including phenoxy) is 2. The fraction of sp³-hybridized carbons (Fsp3) is 0.605. The molecule has 4 saturated carbocycles. The van der Waals surface area contributed by atoms with E-state index in [1.165, 1.54) is 27.7 Å². The van der Waals surface area contributed by atoms with Gasteiger partial charge in [-0.3, -0.25) is 33.3 Å². The Morgan fingerprint density at radius 1 is 0.982 bits per heavy atom. The molecule has 2 aromatic rings. The zero-order valence-electron chi connectivity index (χ0n) is 32.2. The van der Waals surface area contributed by atoms with E-state index >= 15 is 0 Å². The third-order valence-electron chi connectivity index (χ3n) is 13.5. The molecule has 14 heteroatoms. The largest absolute Gasteiger partial charge is 0.473 e. The number of allylic oxidation sites excluding steroid dienone is 3. The van der Waals surface area contributed by atoms with Crippen LogP contribution in [0.3, 0.4) is 0 Å². The van der Waals surface area contributed by atoms with Crippen LogP contribution in [0.5, 0.6) is 5.88 Å². The second kappa shape index (κ2) is 15.8. The fourth-order valence-electron chi connectivity index (χ4n) is 9.96. The first-order chi connectivity index (χ1) is 27.4. The topological polar surface area (TPSA) is 158 Å². The maximum atomic E-state index is 14.9. The minimum Gasteiger partial charge on any atom is -0.473 e. The number of carbonyl (C=O) groups is 4. The highest BCUT2D eigenvalue weighted by atomic mass is 32.2.